The summed E-state index contributed by atoms with van der Waals surface area (Å²) < 4.78 is 77.1. The first-order valence-corrected chi connectivity index (χ1v) is 14.0. The van der Waals surface area contributed by atoms with Gasteiger partial charge in [0, 0.05) is 23.0 Å². The van der Waals surface area contributed by atoms with Gasteiger partial charge in [-0.25, -0.2) is 14.2 Å². The summed E-state index contributed by atoms with van der Waals surface area (Å²) in [6.07, 6.45) is -1.61. The number of aryl methyl sites for hydroxylation is 1. The van der Waals surface area contributed by atoms with Gasteiger partial charge >= 0.3 is 6.18 Å². The van der Waals surface area contributed by atoms with Crippen molar-refractivity contribution in [3.05, 3.63) is 70.9 Å². The molecular weight excluding hydrogens is 554 g/mol. The summed E-state index contributed by atoms with van der Waals surface area (Å²) in [5.41, 5.74) is -1.96. The lowest BCUT2D eigenvalue weighted by atomic mass is 10.0. The molecule has 1 fully saturated rings. The summed E-state index contributed by atoms with van der Waals surface area (Å²) in [7, 11) is -3.20. The van der Waals surface area contributed by atoms with E-state index in [-0.39, 0.29) is 22.0 Å². The predicted octanol–water partition coefficient (Wildman–Crippen LogP) is 5.03. The van der Waals surface area contributed by atoms with Gasteiger partial charge in [0.2, 0.25) is 11.8 Å². The molecule has 1 aliphatic heterocycles. The van der Waals surface area contributed by atoms with Gasteiger partial charge in [0.1, 0.15) is 5.56 Å². The van der Waals surface area contributed by atoms with E-state index in [1.54, 1.807) is 0 Å². The molecule has 1 aliphatic rings. The van der Waals surface area contributed by atoms with Crippen LogP contribution in [0.4, 0.5) is 23.2 Å². The third kappa shape index (κ3) is 6.45. The number of anilines is 1. The molecule has 0 spiro atoms. The second-order valence-electron chi connectivity index (χ2n) is 9.16. The second-order valence-corrected chi connectivity index (χ2v) is 11.4. The minimum atomic E-state index is -4.81. The zero-order chi connectivity index (χ0) is 29.2. The molecule has 2 aromatic heterocycles. The van der Waals surface area contributed by atoms with Gasteiger partial charge in [0.25, 0.3) is 11.8 Å². The van der Waals surface area contributed by atoms with Crippen molar-refractivity contribution in [3.63, 3.8) is 0 Å². The third-order valence-electron chi connectivity index (χ3n) is 6.20. The van der Waals surface area contributed by atoms with E-state index >= 15 is 0 Å². The average molecular weight is 580 g/mol. The zero-order valence-corrected chi connectivity index (χ0v) is 22.5. The fourth-order valence-electron chi connectivity index (χ4n) is 4.13. The predicted molar refractivity (Wildman–Crippen MR) is 138 cm³/mol. The SMILES string of the molecule is Cc1nc(F)ccc1Oc1ncc(C(F)(F)F)c(C)c1C(=O)Nc1cccc([S@@](C)(=O)=NC(=O)[C@H]2CCCN2)c1. The molecule has 0 radical (unpaired) electrons. The Balaban J connectivity index is 1.69. The van der Waals surface area contributed by atoms with Gasteiger partial charge in [0.05, 0.1) is 27.0 Å². The minimum absolute atomic E-state index is 0.0159. The molecule has 3 aromatic rings. The van der Waals surface area contributed by atoms with Crippen LogP contribution in [0, 0.1) is 19.8 Å². The Bertz CT molecular complexity index is 1600. The van der Waals surface area contributed by atoms with Gasteiger partial charge < -0.3 is 15.4 Å². The van der Waals surface area contributed by atoms with Gasteiger partial charge in [-0.15, -0.1) is 0 Å². The van der Waals surface area contributed by atoms with Gasteiger partial charge in [-0.3, -0.25) is 9.59 Å². The summed E-state index contributed by atoms with van der Waals surface area (Å²) in [5.74, 6) is -2.81. The highest BCUT2D eigenvalue weighted by Gasteiger charge is 2.36. The lowest BCUT2D eigenvalue weighted by molar-refractivity contribution is -0.138. The van der Waals surface area contributed by atoms with Crippen LogP contribution in [-0.4, -0.2) is 44.8 Å². The number of aromatic nitrogens is 2. The molecule has 2 atom stereocenters. The van der Waals surface area contributed by atoms with Crippen LogP contribution in [0.1, 0.15) is 40.0 Å². The van der Waals surface area contributed by atoms with E-state index in [4.69, 9.17) is 4.74 Å². The molecule has 0 saturated carbocycles. The van der Waals surface area contributed by atoms with E-state index in [0.29, 0.717) is 19.2 Å². The molecule has 2 amide bonds. The number of ether oxygens (including phenoxy) is 1. The molecule has 3 heterocycles. The second kappa shape index (κ2) is 11.3. The zero-order valence-electron chi connectivity index (χ0n) is 21.6. The molecule has 14 heteroatoms. The minimum Gasteiger partial charge on any atom is -0.436 e. The van der Waals surface area contributed by atoms with Crippen molar-refractivity contribution in [1.82, 2.24) is 15.3 Å². The summed E-state index contributed by atoms with van der Waals surface area (Å²) in [6, 6.07) is 7.37. The van der Waals surface area contributed by atoms with Gasteiger partial charge in [-0.2, -0.15) is 21.9 Å². The highest BCUT2D eigenvalue weighted by molar-refractivity contribution is 7.93. The van der Waals surface area contributed by atoms with Crippen LogP contribution in [0.2, 0.25) is 0 Å². The van der Waals surface area contributed by atoms with Crippen molar-refractivity contribution < 1.29 is 36.1 Å². The highest BCUT2D eigenvalue weighted by atomic mass is 32.2. The summed E-state index contributed by atoms with van der Waals surface area (Å²) in [6.45, 7) is 3.17. The van der Waals surface area contributed by atoms with E-state index in [2.05, 4.69) is 25.0 Å². The molecule has 40 heavy (non-hydrogen) atoms. The number of nitrogens with zero attached hydrogens (tertiary/aromatic N) is 3. The number of benzene rings is 1. The number of carbonyl (C=O) groups excluding carboxylic acids is 2. The normalized spacial score (nSPS) is 16.7. The van der Waals surface area contributed by atoms with E-state index in [1.165, 1.54) is 43.5 Å². The van der Waals surface area contributed by atoms with E-state index in [1.807, 2.05) is 0 Å². The molecule has 0 bridgehead atoms. The van der Waals surface area contributed by atoms with Crippen molar-refractivity contribution in [3.8, 4) is 11.6 Å². The summed E-state index contributed by atoms with van der Waals surface area (Å²) in [4.78, 5) is 33.3. The fraction of sp³-hybridized carbons (Fsp3) is 0.308. The van der Waals surface area contributed by atoms with Crippen LogP contribution in [0.15, 0.2) is 51.9 Å². The standard InChI is InChI=1S/C26H25F4N5O4S/c1-14-18(26(28,29)30)13-32-25(39-20-9-10-21(27)33-15(20)2)22(14)24(37)34-16-6-4-7-17(12-16)40(3,38)35-23(36)19-8-5-11-31-19/h4,6-7,9-10,12-13,19,31H,5,8,11H2,1-3H3,(H,34,37)/t19-,40-/m1/s1. The van der Waals surface area contributed by atoms with Crippen molar-refractivity contribution >= 4 is 27.2 Å². The number of alkyl halides is 3. The van der Waals surface area contributed by atoms with E-state index < -0.39 is 62.3 Å². The van der Waals surface area contributed by atoms with Crippen molar-refractivity contribution in [1.29, 1.82) is 0 Å². The number of rotatable bonds is 6. The van der Waals surface area contributed by atoms with Gasteiger partial charge in [-0.05, 0) is 69.1 Å². The Morgan fingerprint density at radius 1 is 1.20 bits per heavy atom. The van der Waals surface area contributed by atoms with Gasteiger partial charge in [0.15, 0.2) is 5.75 Å². The van der Waals surface area contributed by atoms with E-state index in [0.717, 1.165) is 19.4 Å². The monoisotopic (exact) mass is 579 g/mol. The number of amides is 2. The molecule has 4 rings (SSSR count). The van der Waals surface area contributed by atoms with Crippen LogP contribution in [0.5, 0.6) is 11.6 Å². The fourth-order valence-corrected chi connectivity index (χ4v) is 5.38. The maximum atomic E-state index is 13.6. The Morgan fingerprint density at radius 3 is 2.60 bits per heavy atom. The van der Waals surface area contributed by atoms with Gasteiger partial charge in [-0.1, -0.05) is 6.07 Å². The van der Waals surface area contributed by atoms with Crippen LogP contribution >= 0.6 is 0 Å². The number of carbonyl (C=O) groups is 2. The molecule has 9 nitrogen and oxygen atoms in total. The quantitative estimate of drug-likeness (QED) is 0.310. The van der Waals surface area contributed by atoms with Crippen LogP contribution in [0.3, 0.4) is 0 Å². The molecule has 212 valence electrons. The molecule has 2 N–H and O–H groups in total. The number of hydrogen-bond donors (Lipinski definition) is 2. The number of pyridine rings is 2. The number of halogens is 4. The third-order valence-corrected chi connectivity index (χ3v) is 7.85. The Kier molecular flexibility index (Phi) is 8.21. The first-order valence-electron chi connectivity index (χ1n) is 12.0. The molecule has 0 aliphatic carbocycles. The number of nitrogens with one attached hydrogen (secondary N) is 2. The topological polar surface area (TPSA) is 123 Å². The maximum Gasteiger partial charge on any atom is 0.418 e. The molecule has 1 saturated heterocycles. The van der Waals surface area contributed by atoms with Crippen LogP contribution < -0.4 is 15.4 Å². The maximum absolute atomic E-state index is 13.6. The van der Waals surface area contributed by atoms with Crippen molar-refractivity contribution in [2.75, 3.05) is 18.1 Å². The molecule has 1 aromatic carbocycles. The lowest BCUT2D eigenvalue weighted by Gasteiger charge is -2.17. The average Bonchev–Trinajstić information content (AvgIpc) is 3.40. The molecule has 0 unspecified atom stereocenters. The Labute approximate surface area is 227 Å². The van der Waals surface area contributed by atoms with Crippen molar-refractivity contribution in [2.24, 2.45) is 4.36 Å². The lowest BCUT2D eigenvalue weighted by Crippen LogP contribution is -2.30. The summed E-state index contributed by atoms with van der Waals surface area (Å²) >= 11 is 0. The van der Waals surface area contributed by atoms with Crippen LogP contribution in [0.25, 0.3) is 0 Å². The highest BCUT2D eigenvalue weighted by Crippen LogP contribution is 2.37. The smallest absolute Gasteiger partial charge is 0.418 e. The number of hydrogen-bond acceptors (Lipinski definition) is 7. The first kappa shape index (κ1) is 29.1. The van der Waals surface area contributed by atoms with Crippen molar-refractivity contribution in [2.45, 2.75) is 43.8 Å². The molecular formula is C26H25F4N5O4S. The summed E-state index contributed by atoms with van der Waals surface area (Å²) in [5, 5.41) is 5.47. The largest absolute Gasteiger partial charge is 0.436 e. The Hall–Kier alpha value is -3.91. The Morgan fingerprint density at radius 2 is 1.95 bits per heavy atom. The first-order chi connectivity index (χ1) is 18.8. The van der Waals surface area contributed by atoms with E-state index in [9.17, 15) is 31.4 Å². The van der Waals surface area contributed by atoms with Crippen LogP contribution in [-0.2, 0) is 20.7 Å².